The molecule has 0 bridgehead atoms. The predicted molar refractivity (Wildman–Crippen MR) is 137 cm³/mol. The third-order valence-corrected chi connectivity index (χ3v) is 5.85. The van der Waals surface area contributed by atoms with Crippen LogP contribution in [-0.2, 0) is 4.74 Å². The number of hydrogen-bond acceptors (Lipinski definition) is 8. The molecule has 35 heavy (non-hydrogen) atoms. The molecule has 2 aliphatic rings. The summed E-state index contributed by atoms with van der Waals surface area (Å²) in [4.78, 5) is 23.5. The minimum absolute atomic E-state index is 0.291. The zero-order valence-electron chi connectivity index (χ0n) is 21.4. The SMILES string of the molecule is CNc1cc(C)nc(Nc2cc3c(c(C4=CCN(C(=O)OC(C)(C)C)CCC4)c2C)OCCO3)n1. The third kappa shape index (κ3) is 5.78. The van der Waals surface area contributed by atoms with Crippen LogP contribution in [0.3, 0.4) is 0 Å². The summed E-state index contributed by atoms with van der Waals surface area (Å²) in [6, 6.07) is 3.84. The van der Waals surface area contributed by atoms with Crippen LogP contribution >= 0.6 is 0 Å². The molecule has 0 spiro atoms. The van der Waals surface area contributed by atoms with Gasteiger partial charge in [0.05, 0.1) is 0 Å². The van der Waals surface area contributed by atoms with Crippen LogP contribution < -0.4 is 20.1 Å². The second kappa shape index (κ2) is 10.0. The Labute approximate surface area is 206 Å². The molecule has 0 saturated heterocycles. The lowest BCUT2D eigenvalue weighted by Crippen LogP contribution is -2.37. The Balaban J connectivity index is 1.69. The molecule has 9 heteroatoms. The quantitative estimate of drug-likeness (QED) is 0.625. The van der Waals surface area contributed by atoms with Gasteiger partial charge in [0.25, 0.3) is 0 Å². The van der Waals surface area contributed by atoms with Crippen LogP contribution in [0.15, 0.2) is 18.2 Å². The van der Waals surface area contributed by atoms with E-state index in [-0.39, 0.29) is 6.09 Å². The Kier molecular flexibility index (Phi) is 7.05. The lowest BCUT2D eigenvalue weighted by atomic mass is 9.94. The van der Waals surface area contributed by atoms with Gasteiger partial charge in [-0.15, -0.1) is 0 Å². The van der Waals surface area contributed by atoms with Crippen molar-refractivity contribution >= 4 is 29.1 Å². The summed E-state index contributed by atoms with van der Waals surface area (Å²) >= 11 is 0. The van der Waals surface area contributed by atoms with Crippen LogP contribution in [0.25, 0.3) is 5.57 Å². The van der Waals surface area contributed by atoms with Crippen molar-refractivity contribution in [1.29, 1.82) is 0 Å². The monoisotopic (exact) mass is 481 g/mol. The van der Waals surface area contributed by atoms with Gasteiger partial charge in [-0.1, -0.05) is 6.08 Å². The van der Waals surface area contributed by atoms with E-state index in [0.29, 0.717) is 38.0 Å². The van der Waals surface area contributed by atoms with Crippen LogP contribution in [0.2, 0.25) is 0 Å². The molecule has 0 radical (unpaired) electrons. The van der Waals surface area contributed by atoms with Gasteiger partial charge in [-0.3, -0.25) is 0 Å². The summed E-state index contributed by atoms with van der Waals surface area (Å²) in [6.07, 6.45) is 3.44. The number of nitrogens with zero attached hydrogens (tertiary/aromatic N) is 3. The van der Waals surface area contributed by atoms with Gasteiger partial charge in [0, 0.05) is 49.2 Å². The van der Waals surface area contributed by atoms with E-state index in [1.807, 2.05) is 46.9 Å². The van der Waals surface area contributed by atoms with Gasteiger partial charge in [0.1, 0.15) is 24.6 Å². The molecule has 2 aliphatic heterocycles. The fourth-order valence-corrected chi connectivity index (χ4v) is 4.26. The molecule has 4 rings (SSSR count). The van der Waals surface area contributed by atoms with Crippen molar-refractivity contribution in [2.75, 3.05) is 44.0 Å². The van der Waals surface area contributed by atoms with E-state index in [0.717, 1.165) is 52.5 Å². The number of anilines is 3. The molecule has 3 heterocycles. The van der Waals surface area contributed by atoms with E-state index in [1.54, 1.807) is 4.90 Å². The molecule has 0 aliphatic carbocycles. The van der Waals surface area contributed by atoms with Crippen molar-refractivity contribution in [2.45, 2.75) is 53.1 Å². The van der Waals surface area contributed by atoms with Crippen molar-refractivity contribution < 1.29 is 19.0 Å². The van der Waals surface area contributed by atoms with Crippen molar-refractivity contribution in [3.63, 3.8) is 0 Å². The van der Waals surface area contributed by atoms with Gasteiger partial charge in [-0.05, 0) is 58.6 Å². The number of nitrogens with one attached hydrogen (secondary N) is 2. The third-order valence-electron chi connectivity index (χ3n) is 5.85. The first kappa shape index (κ1) is 24.6. The first-order valence-electron chi connectivity index (χ1n) is 12.1. The highest BCUT2D eigenvalue weighted by Gasteiger charge is 2.27. The number of rotatable bonds is 4. The number of carbonyl (C=O) groups is 1. The van der Waals surface area contributed by atoms with Crippen LogP contribution in [0.1, 0.15) is 50.4 Å². The van der Waals surface area contributed by atoms with E-state index >= 15 is 0 Å². The number of hydrogen-bond donors (Lipinski definition) is 2. The summed E-state index contributed by atoms with van der Waals surface area (Å²) in [6.45, 7) is 11.7. The molecule has 1 aromatic carbocycles. The van der Waals surface area contributed by atoms with Gasteiger partial charge >= 0.3 is 6.09 Å². The average molecular weight is 482 g/mol. The molecule has 2 N–H and O–H groups in total. The topological polar surface area (TPSA) is 97.8 Å². The fraction of sp³-hybridized carbons (Fsp3) is 0.500. The zero-order valence-corrected chi connectivity index (χ0v) is 21.4. The fourth-order valence-electron chi connectivity index (χ4n) is 4.26. The maximum absolute atomic E-state index is 12.6. The predicted octanol–water partition coefficient (Wildman–Crippen LogP) is 5.06. The van der Waals surface area contributed by atoms with E-state index in [9.17, 15) is 4.79 Å². The summed E-state index contributed by atoms with van der Waals surface area (Å²) in [5, 5.41) is 6.44. The minimum Gasteiger partial charge on any atom is -0.486 e. The Hall–Kier alpha value is -3.49. The Morgan fingerprint density at radius 2 is 1.91 bits per heavy atom. The molecule has 0 unspecified atom stereocenters. The van der Waals surface area contributed by atoms with Gasteiger partial charge < -0.3 is 29.7 Å². The lowest BCUT2D eigenvalue weighted by Gasteiger charge is -2.26. The molecule has 0 fully saturated rings. The summed E-state index contributed by atoms with van der Waals surface area (Å²) in [5.74, 6) is 2.68. The van der Waals surface area contributed by atoms with Gasteiger partial charge in [-0.25, -0.2) is 9.78 Å². The van der Waals surface area contributed by atoms with E-state index in [2.05, 4.69) is 33.6 Å². The van der Waals surface area contributed by atoms with Gasteiger partial charge in [-0.2, -0.15) is 4.98 Å². The Morgan fingerprint density at radius 1 is 1.14 bits per heavy atom. The maximum atomic E-state index is 12.6. The minimum atomic E-state index is -0.526. The standard InChI is InChI=1S/C26H35N5O4/c1-16-14-21(27-6)30-24(28-16)29-19-15-20-23(34-13-12-33-20)22(17(19)2)18-8-7-10-31(11-9-18)25(32)35-26(3,4)5/h9,14-15H,7-8,10-13H2,1-6H3,(H2,27,28,29,30). The van der Waals surface area contributed by atoms with Crippen molar-refractivity contribution in [2.24, 2.45) is 0 Å². The van der Waals surface area contributed by atoms with Crippen molar-refractivity contribution in [3.05, 3.63) is 35.0 Å². The number of ether oxygens (including phenoxy) is 3. The summed E-state index contributed by atoms with van der Waals surface area (Å²) in [7, 11) is 1.83. The lowest BCUT2D eigenvalue weighted by molar-refractivity contribution is 0.0273. The maximum Gasteiger partial charge on any atom is 0.410 e. The molecule has 188 valence electrons. The summed E-state index contributed by atoms with van der Waals surface area (Å²) < 4.78 is 17.6. The van der Waals surface area contributed by atoms with Gasteiger partial charge in [0.2, 0.25) is 5.95 Å². The molecule has 1 amide bonds. The van der Waals surface area contributed by atoms with Crippen LogP contribution in [-0.4, -0.2) is 59.9 Å². The second-order valence-electron chi connectivity index (χ2n) is 9.80. The zero-order chi connectivity index (χ0) is 25.2. The average Bonchev–Trinajstić information content (AvgIpc) is 3.04. The molecule has 0 saturated carbocycles. The molecular weight excluding hydrogens is 446 g/mol. The number of allylic oxidation sites excluding steroid dienone is 1. The van der Waals surface area contributed by atoms with Crippen molar-refractivity contribution in [3.8, 4) is 11.5 Å². The van der Waals surface area contributed by atoms with E-state index < -0.39 is 5.60 Å². The molecule has 2 aromatic rings. The first-order chi connectivity index (χ1) is 16.6. The number of aryl methyl sites for hydroxylation is 1. The number of benzene rings is 1. The number of carbonyl (C=O) groups excluding carboxylic acids is 1. The molecule has 9 nitrogen and oxygen atoms in total. The van der Waals surface area contributed by atoms with Gasteiger partial charge in [0.15, 0.2) is 11.5 Å². The second-order valence-corrected chi connectivity index (χ2v) is 9.80. The van der Waals surface area contributed by atoms with Crippen LogP contribution in [0.4, 0.5) is 22.2 Å². The van der Waals surface area contributed by atoms with Crippen LogP contribution in [0, 0.1) is 13.8 Å². The highest BCUT2D eigenvalue weighted by atomic mass is 16.6. The largest absolute Gasteiger partial charge is 0.486 e. The number of aromatic nitrogens is 2. The van der Waals surface area contributed by atoms with Crippen molar-refractivity contribution in [1.82, 2.24) is 14.9 Å². The first-order valence-corrected chi connectivity index (χ1v) is 12.1. The Morgan fingerprint density at radius 3 is 2.66 bits per heavy atom. The van der Waals surface area contributed by atoms with E-state index in [4.69, 9.17) is 14.2 Å². The molecule has 0 atom stereocenters. The van der Waals surface area contributed by atoms with Crippen LogP contribution in [0.5, 0.6) is 11.5 Å². The highest BCUT2D eigenvalue weighted by Crippen LogP contribution is 2.45. The normalized spacial score (nSPS) is 15.7. The smallest absolute Gasteiger partial charge is 0.410 e. The Bertz CT molecular complexity index is 1140. The highest BCUT2D eigenvalue weighted by molar-refractivity contribution is 5.82. The van der Waals surface area contributed by atoms with E-state index in [1.165, 1.54) is 0 Å². The summed E-state index contributed by atoms with van der Waals surface area (Å²) in [5.41, 5.74) is 4.32. The molecule has 1 aromatic heterocycles. The number of amides is 1. The number of fused-ring (bicyclic) bond motifs is 1. The molecular formula is C26H35N5O4.